The van der Waals surface area contributed by atoms with Gasteiger partial charge in [0.05, 0.1) is 19.6 Å². The molecule has 0 radical (unpaired) electrons. The number of hydrogen-bond donors (Lipinski definition) is 2. The van der Waals surface area contributed by atoms with Gasteiger partial charge in [-0.15, -0.1) is 0 Å². The molecule has 0 aromatic carbocycles. The molecule has 2 fully saturated rings. The number of aliphatic hydroxyl groups is 2. The molecule has 0 unspecified atom stereocenters. The fourth-order valence-electron chi connectivity index (χ4n) is 3.64. The second-order valence-electron chi connectivity index (χ2n) is 6.09. The van der Waals surface area contributed by atoms with Crippen LogP contribution in [0.25, 0.3) is 0 Å². The summed E-state index contributed by atoms with van der Waals surface area (Å²) in [6, 6.07) is 0. The van der Waals surface area contributed by atoms with Crippen molar-refractivity contribution in [3.05, 3.63) is 0 Å². The van der Waals surface area contributed by atoms with E-state index in [-0.39, 0.29) is 5.92 Å². The summed E-state index contributed by atoms with van der Waals surface area (Å²) in [7, 11) is 2.87. The van der Waals surface area contributed by atoms with Crippen LogP contribution in [0.2, 0.25) is 0 Å². The molecule has 1 saturated heterocycles. The molecule has 6 heteroatoms. The zero-order valence-electron chi connectivity index (χ0n) is 12.8. The van der Waals surface area contributed by atoms with Gasteiger partial charge in [-0.2, -0.15) is 0 Å². The summed E-state index contributed by atoms with van der Waals surface area (Å²) in [5.41, 5.74) is -1.43. The van der Waals surface area contributed by atoms with E-state index in [0.29, 0.717) is 6.42 Å². The van der Waals surface area contributed by atoms with Crippen LogP contribution in [-0.2, 0) is 19.0 Å². The predicted octanol–water partition coefficient (Wildman–Crippen LogP) is 0.841. The van der Waals surface area contributed by atoms with Crippen LogP contribution in [0, 0.1) is 11.8 Å². The van der Waals surface area contributed by atoms with E-state index in [4.69, 9.17) is 14.2 Å². The minimum atomic E-state index is -1.43. The normalized spacial score (nSPS) is 40.8. The standard InChI is InChI=1S/C15H26O6/c1-19-13(17)11-10-7-5-3-4-6-8-15(18,9-16)12(11)21-14(10)20-2/h10-12,14,16,18H,3-9H2,1-2H3/t10-,11-,12-,14-,15+/m0/s1. The van der Waals surface area contributed by atoms with Crippen LogP contribution in [0.4, 0.5) is 0 Å². The molecule has 5 atom stereocenters. The van der Waals surface area contributed by atoms with Gasteiger partial charge in [-0.1, -0.05) is 25.7 Å². The van der Waals surface area contributed by atoms with Gasteiger partial charge in [0.1, 0.15) is 11.7 Å². The van der Waals surface area contributed by atoms with Gasteiger partial charge in [-0.3, -0.25) is 4.79 Å². The van der Waals surface area contributed by atoms with Crippen molar-refractivity contribution in [3.63, 3.8) is 0 Å². The van der Waals surface area contributed by atoms with Gasteiger partial charge in [-0.05, 0) is 12.8 Å². The first-order chi connectivity index (χ1) is 10.1. The Kier molecular flexibility index (Phi) is 5.60. The highest BCUT2D eigenvalue weighted by molar-refractivity contribution is 5.74. The molecule has 1 aliphatic heterocycles. The maximum absolute atomic E-state index is 12.2. The third kappa shape index (κ3) is 3.23. The smallest absolute Gasteiger partial charge is 0.311 e. The second kappa shape index (κ2) is 7.05. The molecular formula is C15H26O6. The Labute approximate surface area is 125 Å². The molecule has 122 valence electrons. The molecule has 1 heterocycles. The predicted molar refractivity (Wildman–Crippen MR) is 74.4 cm³/mol. The third-order valence-corrected chi connectivity index (χ3v) is 4.82. The lowest BCUT2D eigenvalue weighted by molar-refractivity contribution is -0.193. The Morgan fingerprint density at radius 1 is 1.29 bits per heavy atom. The number of esters is 1. The van der Waals surface area contributed by atoms with Crippen LogP contribution < -0.4 is 0 Å². The molecule has 2 rings (SSSR count). The number of aliphatic hydroxyl groups excluding tert-OH is 1. The third-order valence-electron chi connectivity index (χ3n) is 4.82. The second-order valence-corrected chi connectivity index (χ2v) is 6.09. The molecule has 2 bridgehead atoms. The first-order valence-electron chi connectivity index (χ1n) is 7.66. The lowest BCUT2D eigenvalue weighted by atomic mass is 9.76. The maximum Gasteiger partial charge on any atom is 0.311 e. The van der Waals surface area contributed by atoms with Crippen LogP contribution in [-0.4, -0.2) is 55.0 Å². The van der Waals surface area contributed by atoms with Crippen molar-refractivity contribution in [2.75, 3.05) is 20.8 Å². The number of rotatable bonds is 3. The van der Waals surface area contributed by atoms with Crippen LogP contribution >= 0.6 is 0 Å². The van der Waals surface area contributed by atoms with Gasteiger partial charge in [0.2, 0.25) is 0 Å². The number of carbonyl (C=O) groups is 1. The maximum atomic E-state index is 12.2. The van der Waals surface area contributed by atoms with Crippen molar-refractivity contribution in [3.8, 4) is 0 Å². The average Bonchev–Trinajstić information content (AvgIpc) is 2.87. The van der Waals surface area contributed by atoms with Crippen LogP contribution in [0.15, 0.2) is 0 Å². The zero-order chi connectivity index (χ0) is 15.5. The lowest BCUT2D eigenvalue weighted by Crippen LogP contribution is -2.51. The molecule has 0 aromatic rings. The van der Waals surface area contributed by atoms with Gasteiger partial charge < -0.3 is 24.4 Å². The summed E-state index contributed by atoms with van der Waals surface area (Å²) < 4.78 is 16.1. The fourth-order valence-corrected chi connectivity index (χ4v) is 3.64. The van der Waals surface area contributed by atoms with Crippen molar-refractivity contribution in [2.45, 2.75) is 56.5 Å². The number of fused-ring (bicyclic) bond motifs is 2. The summed E-state index contributed by atoms with van der Waals surface area (Å²) in [5.74, 6) is -1.16. The fraction of sp³-hybridized carbons (Fsp3) is 0.933. The van der Waals surface area contributed by atoms with E-state index in [1.165, 1.54) is 14.2 Å². The van der Waals surface area contributed by atoms with Crippen LogP contribution in [0.5, 0.6) is 0 Å². The van der Waals surface area contributed by atoms with Gasteiger partial charge in [0, 0.05) is 13.0 Å². The van der Waals surface area contributed by atoms with Crippen molar-refractivity contribution in [1.82, 2.24) is 0 Å². The van der Waals surface area contributed by atoms with Crippen molar-refractivity contribution in [2.24, 2.45) is 11.8 Å². The van der Waals surface area contributed by atoms with Gasteiger partial charge in [0.25, 0.3) is 0 Å². The molecule has 2 N–H and O–H groups in total. The zero-order valence-corrected chi connectivity index (χ0v) is 12.8. The summed E-state index contributed by atoms with van der Waals surface area (Å²) >= 11 is 0. The topological polar surface area (TPSA) is 85.2 Å². The summed E-state index contributed by atoms with van der Waals surface area (Å²) in [6.07, 6.45) is 3.69. The van der Waals surface area contributed by atoms with Gasteiger partial charge in [-0.25, -0.2) is 0 Å². The molecular weight excluding hydrogens is 276 g/mol. The van der Waals surface area contributed by atoms with E-state index >= 15 is 0 Å². The highest BCUT2D eigenvalue weighted by atomic mass is 16.7. The number of ether oxygens (including phenoxy) is 3. The molecule has 0 aromatic heterocycles. The summed E-state index contributed by atoms with van der Waals surface area (Å²) in [5, 5.41) is 20.4. The Morgan fingerprint density at radius 3 is 2.62 bits per heavy atom. The first-order valence-corrected chi connectivity index (χ1v) is 7.66. The largest absolute Gasteiger partial charge is 0.469 e. The molecule has 0 spiro atoms. The van der Waals surface area contributed by atoms with E-state index in [2.05, 4.69) is 0 Å². The van der Waals surface area contributed by atoms with Crippen LogP contribution in [0.1, 0.15) is 38.5 Å². The van der Waals surface area contributed by atoms with E-state index in [1.807, 2.05) is 0 Å². The van der Waals surface area contributed by atoms with E-state index in [1.54, 1.807) is 0 Å². The highest BCUT2D eigenvalue weighted by Crippen LogP contribution is 2.43. The minimum absolute atomic E-state index is 0.149. The average molecular weight is 302 g/mol. The first kappa shape index (κ1) is 16.7. The summed E-state index contributed by atoms with van der Waals surface area (Å²) in [6.45, 7) is -0.436. The summed E-state index contributed by atoms with van der Waals surface area (Å²) in [4.78, 5) is 12.2. The molecule has 0 amide bonds. The molecule has 1 aliphatic carbocycles. The lowest BCUT2D eigenvalue weighted by Gasteiger charge is -2.35. The van der Waals surface area contributed by atoms with Crippen molar-refractivity contribution < 1.29 is 29.2 Å². The quantitative estimate of drug-likeness (QED) is 0.752. The number of methoxy groups -OCH3 is 2. The molecule has 21 heavy (non-hydrogen) atoms. The van der Waals surface area contributed by atoms with E-state index < -0.39 is 36.5 Å². The molecule has 1 saturated carbocycles. The Balaban J connectivity index is 2.35. The molecule has 2 aliphatic rings. The Hall–Kier alpha value is -0.690. The number of hydrogen-bond acceptors (Lipinski definition) is 6. The van der Waals surface area contributed by atoms with Crippen molar-refractivity contribution in [1.29, 1.82) is 0 Å². The Morgan fingerprint density at radius 2 is 2.00 bits per heavy atom. The van der Waals surface area contributed by atoms with E-state index in [9.17, 15) is 15.0 Å². The van der Waals surface area contributed by atoms with E-state index in [0.717, 1.165) is 32.1 Å². The van der Waals surface area contributed by atoms with Crippen molar-refractivity contribution >= 4 is 5.97 Å². The SMILES string of the molecule is COC(=O)[C@H]1[C@@H]2CCCCCC[C@@](O)(CO)[C@H]1O[C@@H]2OC. The molecule has 6 nitrogen and oxygen atoms in total. The highest BCUT2D eigenvalue weighted by Gasteiger charge is 2.56. The van der Waals surface area contributed by atoms with Gasteiger partial charge >= 0.3 is 5.97 Å². The Bertz CT molecular complexity index is 360. The number of carbonyl (C=O) groups excluding carboxylic acids is 1. The minimum Gasteiger partial charge on any atom is -0.469 e. The monoisotopic (exact) mass is 302 g/mol. The van der Waals surface area contributed by atoms with Gasteiger partial charge in [0.15, 0.2) is 6.29 Å². The van der Waals surface area contributed by atoms with Crippen LogP contribution in [0.3, 0.4) is 0 Å².